The summed E-state index contributed by atoms with van der Waals surface area (Å²) in [6, 6.07) is 4.03. The molecule has 0 aliphatic rings. The molecule has 0 saturated carbocycles. The van der Waals surface area contributed by atoms with Crippen LogP contribution in [-0.4, -0.2) is 24.0 Å². The van der Waals surface area contributed by atoms with Crippen LogP contribution in [0.15, 0.2) is 18.2 Å². The van der Waals surface area contributed by atoms with Gasteiger partial charge in [0.25, 0.3) is 0 Å². The van der Waals surface area contributed by atoms with Gasteiger partial charge in [0.15, 0.2) is 11.6 Å². The molecule has 0 heterocycles. The Balaban J connectivity index is 2.85. The molecule has 0 unspecified atom stereocenters. The van der Waals surface area contributed by atoms with Gasteiger partial charge in [-0.2, -0.15) is 0 Å². The molecule has 0 atom stereocenters. The van der Waals surface area contributed by atoms with Gasteiger partial charge >= 0.3 is 0 Å². The van der Waals surface area contributed by atoms with Crippen LogP contribution in [0.5, 0.6) is 0 Å². The second kappa shape index (κ2) is 6.25. The minimum Gasteiger partial charge on any atom is -0.329 e. The SMILES string of the molecule is CCC(CC)(CN)N(C)Cc1ccc(F)c(F)c1. The summed E-state index contributed by atoms with van der Waals surface area (Å²) in [6.07, 6.45) is 1.86. The van der Waals surface area contributed by atoms with Gasteiger partial charge in [-0.3, -0.25) is 4.90 Å². The van der Waals surface area contributed by atoms with Gasteiger partial charge in [0.05, 0.1) is 0 Å². The summed E-state index contributed by atoms with van der Waals surface area (Å²) in [5.74, 6) is -1.61. The van der Waals surface area contributed by atoms with Crippen molar-refractivity contribution in [1.29, 1.82) is 0 Å². The zero-order chi connectivity index (χ0) is 13.8. The summed E-state index contributed by atoms with van der Waals surface area (Å²) >= 11 is 0. The molecule has 1 aromatic carbocycles. The average Bonchev–Trinajstić information content (AvgIpc) is 2.37. The number of hydrogen-bond acceptors (Lipinski definition) is 2. The number of likely N-dealkylation sites (N-methyl/N-ethyl adjacent to an activating group) is 1. The predicted octanol–water partition coefficient (Wildman–Crippen LogP) is 2.91. The molecule has 0 saturated heterocycles. The Morgan fingerprint density at radius 1 is 1.17 bits per heavy atom. The second-order valence-corrected chi connectivity index (χ2v) is 4.74. The summed E-state index contributed by atoms with van der Waals surface area (Å²) in [5, 5.41) is 0. The maximum absolute atomic E-state index is 13.2. The van der Waals surface area contributed by atoms with E-state index >= 15 is 0 Å². The first-order chi connectivity index (χ1) is 8.49. The van der Waals surface area contributed by atoms with Crippen LogP contribution >= 0.6 is 0 Å². The van der Waals surface area contributed by atoms with Crippen molar-refractivity contribution in [3.05, 3.63) is 35.4 Å². The molecule has 4 heteroatoms. The van der Waals surface area contributed by atoms with Crippen molar-refractivity contribution in [2.45, 2.75) is 38.8 Å². The van der Waals surface area contributed by atoms with Crippen molar-refractivity contribution in [3.8, 4) is 0 Å². The van der Waals surface area contributed by atoms with Gasteiger partial charge in [0.2, 0.25) is 0 Å². The maximum atomic E-state index is 13.2. The summed E-state index contributed by atoms with van der Waals surface area (Å²) in [4.78, 5) is 2.12. The molecule has 0 aliphatic heterocycles. The first-order valence-corrected chi connectivity index (χ1v) is 6.34. The van der Waals surface area contributed by atoms with Crippen LogP contribution < -0.4 is 5.73 Å². The number of halogens is 2. The topological polar surface area (TPSA) is 29.3 Å². The van der Waals surface area contributed by atoms with Crippen LogP contribution in [0.2, 0.25) is 0 Å². The van der Waals surface area contributed by atoms with Crippen molar-refractivity contribution in [2.24, 2.45) is 5.73 Å². The molecule has 102 valence electrons. The fourth-order valence-corrected chi connectivity index (χ4v) is 2.31. The zero-order valence-corrected chi connectivity index (χ0v) is 11.3. The van der Waals surface area contributed by atoms with Crippen molar-refractivity contribution < 1.29 is 8.78 Å². The van der Waals surface area contributed by atoms with Gasteiger partial charge in [0, 0.05) is 18.6 Å². The fourth-order valence-electron chi connectivity index (χ4n) is 2.31. The quantitative estimate of drug-likeness (QED) is 0.848. The van der Waals surface area contributed by atoms with Crippen molar-refractivity contribution >= 4 is 0 Å². The van der Waals surface area contributed by atoms with Crippen LogP contribution in [0, 0.1) is 11.6 Å². The first kappa shape index (κ1) is 15.1. The van der Waals surface area contributed by atoms with Gasteiger partial charge in [-0.15, -0.1) is 0 Å². The van der Waals surface area contributed by atoms with E-state index in [4.69, 9.17) is 5.73 Å². The third-order valence-electron chi connectivity index (χ3n) is 3.91. The molecule has 0 spiro atoms. The number of benzene rings is 1. The molecule has 2 N–H and O–H groups in total. The van der Waals surface area contributed by atoms with E-state index < -0.39 is 11.6 Å². The smallest absolute Gasteiger partial charge is 0.159 e. The molecular weight excluding hydrogens is 234 g/mol. The van der Waals surface area contributed by atoms with Crippen LogP contribution in [0.25, 0.3) is 0 Å². The summed E-state index contributed by atoms with van der Waals surface area (Å²) < 4.78 is 26.0. The summed E-state index contributed by atoms with van der Waals surface area (Å²) in [5.41, 5.74) is 6.54. The maximum Gasteiger partial charge on any atom is 0.159 e. The molecule has 2 nitrogen and oxygen atoms in total. The highest BCUT2D eigenvalue weighted by Crippen LogP contribution is 2.23. The molecule has 0 radical (unpaired) electrons. The molecule has 0 aliphatic carbocycles. The molecule has 18 heavy (non-hydrogen) atoms. The van der Waals surface area contributed by atoms with Crippen LogP contribution in [0.3, 0.4) is 0 Å². The fraction of sp³-hybridized carbons (Fsp3) is 0.571. The van der Waals surface area contributed by atoms with Crippen molar-refractivity contribution in [2.75, 3.05) is 13.6 Å². The van der Waals surface area contributed by atoms with E-state index in [1.807, 2.05) is 7.05 Å². The number of nitrogens with zero attached hydrogens (tertiary/aromatic N) is 1. The molecular formula is C14H22F2N2. The lowest BCUT2D eigenvalue weighted by atomic mass is 9.90. The molecule has 0 aromatic heterocycles. The highest BCUT2D eigenvalue weighted by Gasteiger charge is 2.29. The zero-order valence-electron chi connectivity index (χ0n) is 11.3. The molecule has 1 aromatic rings. The van der Waals surface area contributed by atoms with Crippen molar-refractivity contribution in [1.82, 2.24) is 4.90 Å². The standard InChI is InChI=1S/C14H22F2N2/c1-4-14(5-2,10-17)18(3)9-11-6-7-12(15)13(16)8-11/h6-8H,4-5,9-10,17H2,1-3H3. The number of nitrogens with two attached hydrogens (primary N) is 1. The van der Waals surface area contributed by atoms with Crippen molar-refractivity contribution in [3.63, 3.8) is 0 Å². The van der Waals surface area contributed by atoms with E-state index in [1.165, 1.54) is 12.1 Å². The normalized spacial score (nSPS) is 12.2. The first-order valence-electron chi connectivity index (χ1n) is 6.34. The largest absolute Gasteiger partial charge is 0.329 e. The van der Waals surface area contributed by atoms with Gasteiger partial charge in [0.1, 0.15) is 0 Å². The van der Waals surface area contributed by atoms with Gasteiger partial charge < -0.3 is 5.73 Å². The molecule has 0 bridgehead atoms. The Bertz CT molecular complexity index is 381. The van der Waals surface area contributed by atoms with Crippen LogP contribution in [-0.2, 0) is 6.54 Å². The Morgan fingerprint density at radius 2 is 1.78 bits per heavy atom. The van der Waals surface area contributed by atoms with E-state index in [9.17, 15) is 8.78 Å². The van der Waals surface area contributed by atoms with Gasteiger partial charge in [-0.05, 0) is 37.6 Å². The highest BCUT2D eigenvalue weighted by atomic mass is 19.2. The summed E-state index contributed by atoms with van der Waals surface area (Å²) in [7, 11) is 1.97. The Kier molecular flexibility index (Phi) is 5.23. The van der Waals surface area contributed by atoms with Crippen LogP contribution in [0.4, 0.5) is 8.78 Å². The number of hydrogen-bond donors (Lipinski definition) is 1. The third-order valence-corrected chi connectivity index (χ3v) is 3.91. The van der Waals surface area contributed by atoms with Gasteiger partial charge in [-0.25, -0.2) is 8.78 Å². The molecule has 0 amide bonds. The minimum absolute atomic E-state index is 0.0785. The number of rotatable bonds is 6. The Hall–Kier alpha value is -1.00. The van der Waals surface area contributed by atoms with E-state index in [0.29, 0.717) is 13.1 Å². The minimum atomic E-state index is -0.808. The second-order valence-electron chi connectivity index (χ2n) is 4.74. The molecule has 1 rings (SSSR count). The average molecular weight is 256 g/mol. The Labute approximate surface area is 108 Å². The molecule has 0 fully saturated rings. The lowest BCUT2D eigenvalue weighted by molar-refractivity contribution is 0.108. The monoisotopic (exact) mass is 256 g/mol. The highest BCUT2D eigenvalue weighted by molar-refractivity contribution is 5.18. The van der Waals surface area contributed by atoms with E-state index in [1.54, 1.807) is 6.07 Å². The van der Waals surface area contributed by atoms with E-state index in [-0.39, 0.29) is 5.54 Å². The third kappa shape index (κ3) is 3.06. The Morgan fingerprint density at radius 3 is 2.22 bits per heavy atom. The van der Waals surface area contributed by atoms with Gasteiger partial charge in [-0.1, -0.05) is 19.9 Å². The van der Waals surface area contributed by atoms with E-state index in [0.717, 1.165) is 18.4 Å². The predicted molar refractivity (Wildman–Crippen MR) is 70.2 cm³/mol. The van der Waals surface area contributed by atoms with E-state index in [2.05, 4.69) is 18.7 Å². The summed E-state index contributed by atoms with van der Waals surface area (Å²) in [6.45, 7) is 5.31. The lowest BCUT2D eigenvalue weighted by Gasteiger charge is -2.40. The lowest BCUT2D eigenvalue weighted by Crippen LogP contribution is -2.50. The van der Waals surface area contributed by atoms with Crippen LogP contribution in [0.1, 0.15) is 32.3 Å².